The lowest BCUT2D eigenvalue weighted by atomic mass is 10.1. The summed E-state index contributed by atoms with van der Waals surface area (Å²) in [6, 6.07) is 7.38. The van der Waals surface area contributed by atoms with Gasteiger partial charge in [0.2, 0.25) is 0 Å². The van der Waals surface area contributed by atoms with Crippen molar-refractivity contribution in [2.45, 2.75) is 26.9 Å². The number of aryl methyl sites for hydroxylation is 2. The smallest absolute Gasteiger partial charge is 0.251 e. The van der Waals surface area contributed by atoms with Crippen molar-refractivity contribution < 1.29 is 4.79 Å². The molecule has 0 saturated carbocycles. The lowest BCUT2D eigenvalue weighted by Gasteiger charge is -2.07. The van der Waals surface area contributed by atoms with Crippen molar-refractivity contribution in [3.63, 3.8) is 0 Å². The zero-order valence-electron chi connectivity index (χ0n) is 12.9. The predicted octanol–water partition coefficient (Wildman–Crippen LogP) is 0.991. The van der Waals surface area contributed by atoms with Crippen LogP contribution in [0.1, 0.15) is 32.9 Å². The first kappa shape index (κ1) is 14.9. The molecule has 0 bridgehead atoms. The van der Waals surface area contributed by atoms with E-state index in [1.165, 1.54) is 0 Å². The Bertz CT molecular complexity index is 770. The molecule has 8 nitrogen and oxygen atoms in total. The summed E-state index contributed by atoms with van der Waals surface area (Å²) in [4.78, 5) is 12.2. The molecule has 1 amide bonds. The van der Waals surface area contributed by atoms with Crippen LogP contribution in [0.25, 0.3) is 0 Å². The van der Waals surface area contributed by atoms with Gasteiger partial charge in [0, 0.05) is 23.4 Å². The summed E-state index contributed by atoms with van der Waals surface area (Å²) in [7, 11) is 0. The molecular formula is C15H17N7O. The first-order valence-electron chi connectivity index (χ1n) is 7.22. The quantitative estimate of drug-likeness (QED) is 0.731. The van der Waals surface area contributed by atoms with Crippen LogP contribution < -0.4 is 5.32 Å². The highest BCUT2D eigenvalue weighted by atomic mass is 16.1. The van der Waals surface area contributed by atoms with Gasteiger partial charge >= 0.3 is 0 Å². The normalized spacial score (nSPS) is 10.7. The predicted molar refractivity (Wildman–Crippen MR) is 82.6 cm³/mol. The van der Waals surface area contributed by atoms with Crippen molar-refractivity contribution in [2.24, 2.45) is 0 Å². The van der Waals surface area contributed by atoms with E-state index < -0.39 is 0 Å². The summed E-state index contributed by atoms with van der Waals surface area (Å²) in [5, 5.41) is 20.9. The molecule has 3 rings (SSSR count). The van der Waals surface area contributed by atoms with Crippen LogP contribution in [0.2, 0.25) is 0 Å². The highest BCUT2D eigenvalue weighted by Gasteiger charge is 2.10. The van der Waals surface area contributed by atoms with Crippen molar-refractivity contribution in [1.29, 1.82) is 0 Å². The van der Waals surface area contributed by atoms with Gasteiger partial charge in [-0.05, 0) is 42.0 Å². The summed E-state index contributed by atoms with van der Waals surface area (Å²) in [5.41, 5.74) is 4.53. The van der Waals surface area contributed by atoms with E-state index in [-0.39, 0.29) is 5.91 Å². The number of aromatic amines is 1. The summed E-state index contributed by atoms with van der Waals surface area (Å²) < 4.78 is 1.62. The standard InChI is InChI=1S/C15H17N7O/c1-10-14(11(2)19-18-10)7-16-15(23)13-5-3-12(4-6-13)8-22-9-17-20-21-22/h3-6,9H,7-8H2,1-2H3,(H,16,23)(H,18,19). The summed E-state index contributed by atoms with van der Waals surface area (Å²) in [6.07, 6.45) is 1.55. The van der Waals surface area contributed by atoms with Gasteiger partial charge in [0.25, 0.3) is 5.91 Å². The zero-order chi connectivity index (χ0) is 16.2. The number of nitrogens with one attached hydrogen (secondary N) is 2. The first-order valence-corrected chi connectivity index (χ1v) is 7.22. The molecule has 23 heavy (non-hydrogen) atoms. The van der Waals surface area contributed by atoms with E-state index >= 15 is 0 Å². The third-order valence-corrected chi connectivity index (χ3v) is 3.66. The largest absolute Gasteiger partial charge is 0.348 e. The Morgan fingerprint density at radius 3 is 2.65 bits per heavy atom. The summed E-state index contributed by atoms with van der Waals surface area (Å²) in [5.74, 6) is -0.112. The number of tetrazole rings is 1. The topological polar surface area (TPSA) is 101 Å². The van der Waals surface area contributed by atoms with Crippen molar-refractivity contribution in [2.75, 3.05) is 0 Å². The van der Waals surface area contributed by atoms with Gasteiger partial charge < -0.3 is 5.32 Å². The molecule has 2 aromatic heterocycles. The molecule has 0 atom stereocenters. The Kier molecular flexibility index (Phi) is 4.13. The minimum atomic E-state index is -0.112. The second-order valence-electron chi connectivity index (χ2n) is 5.30. The number of hydrogen-bond acceptors (Lipinski definition) is 5. The van der Waals surface area contributed by atoms with Crippen LogP contribution in [0.15, 0.2) is 30.6 Å². The maximum absolute atomic E-state index is 12.2. The summed E-state index contributed by atoms with van der Waals surface area (Å²) >= 11 is 0. The molecule has 8 heteroatoms. The molecule has 0 aliphatic heterocycles. The maximum Gasteiger partial charge on any atom is 0.251 e. The number of carbonyl (C=O) groups is 1. The van der Waals surface area contributed by atoms with Gasteiger partial charge in [0.05, 0.1) is 12.2 Å². The van der Waals surface area contributed by atoms with Gasteiger partial charge in [-0.15, -0.1) is 5.10 Å². The molecule has 0 spiro atoms. The third-order valence-electron chi connectivity index (χ3n) is 3.66. The number of H-pyrrole nitrogens is 1. The fourth-order valence-corrected chi connectivity index (χ4v) is 2.31. The number of rotatable bonds is 5. The molecule has 118 valence electrons. The molecule has 2 N–H and O–H groups in total. The number of aromatic nitrogens is 6. The van der Waals surface area contributed by atoms with Crippen molar-refractivity contribution in [1.82, 2.24) is 35.7 Å². The number of benzene rings is 1. The molecule has 0 aliphatic rings. The first-order chi connectivity index (χ1) is 11.1. The minimum absolute atomic E-state index is 0.112. The van der Waals surface area contributed by atoms with E-state index in [2.05, 4.69) is 31.0 Å². The van der Waals surface area contributed by atoms with Gasteiger partial charge in [0.15, 0.2) is 0 Å². The SMILES string of the molecule is Cc1n[nH]c(C)c1CNC(=O)c1ccc(Cn2cnnn2)cc1. The van der Waals surface area contributed by atoms with Crippen molar-refractivity contribution in [3.8, 4) is 0 Å². The highest BCUT2D eigenvalue weighted by molar-refractivity contribution is 5.94. The third kappa shape index (κ3) is 3.42. The fourth-order valence-electron chi connectivity index (χ4n) is 2.31. The van der Waals surface area contributed by atoms with Crippen LogP contribution in [0.3, 0.4) is 0 Å². The van der Waals surface area contributed by atoms with Crippen LogP contribution in [-0.2, 0) is 13.1 Å². The van der Waals surface area contributed by atoms with Gasteiger partial charge in [0.1, 0.15) is 6.33 Å². The number of amides is 1. The van der Waals surface area contributed by atoms with E-state index in [0.29, 0.717) is 18.7 Å². The second-order valence-corrected chi connectivity index (χ2v) is 5.30. The Hall–Kier alpha value is -3.03. The molecule has 0 unspecified atom stereocenters. The number of carbonyl (C=O) groups excluding carboxylic acids is 1. The van der Waals surface area contributed by atoms with E-state index in [1.54, 1.807) is 23.1 Å². The van der Waals surface area contributed by atoms with Gasteiger partial charge in [-0.1, -0.05) is 12.1 Å². The van der Waals surface area contributed by atoms with E-state index in [0.717, 1.165) is 22.5 Å². The molecule has 0 aliphatic carbocycles. The number of nitrogens with zero attached hydrogens (tertiary/aromatic N) is 5. The van der Waals surface area contributed by atoms with Crippen LogP contribution >= 0.6 is 0 Å². The van der Waals surface area contributed by atoms with E-state index in [4.69, 9.17) is 0 Å². The summed E-state index contributed by atoms with van der Waals surface area (Å²) in [6.45, 7) is 4.88. The van der Waals surface area contributed by atoms with Crippen LogP contribution in [-0.4, -0.2) is 36.3 Å². The minimum Gasteiger partial charge on any atom is -0.348 e. The molecular weight excluding hydrogens is 294 g/mol. The Morgan fingerprint density at radius 2 is 2.04 bits per heavy atom. The molecule has 0 fully saturated rings. The van der Waals surface area contributed by atoms with Crippen molar-refractivity contribution >= 4 is 5.91 Å². The van der Waals surface area contributed by atoms with Gasteiger partial charge in [-0.3, -0.25) is 9.89 Å². The van der Waals surface area contributed by atoms with Gasteiger partial charge in [-0.2, -0.15) is 5.10 Å². The van der Waals surface area contributed by atoms with Crippen molar-refractivity contribution in [3.05, 3.63) is 58.7 Å². The lowest BCUT2D eigenvalue weighted by molar-refractivity contribution is 0.0951. The number of hydrogen-bond donors (Lipinski definition) is 2. The molecule has 0 radical (unpaired) electrons. The van der Waals surface area contributed by atoms with Crippen LogP contribution in [0.4, 0.5) is 0 Å². The molecule has 0 saturated heterocycles. The lowest BCUT2D eigenvalue weighted by Crippen LogP contribution is -2.23. The van der Waals surface area contributed by atoms with Crippen LogP contribution in [0, 0.1) is 13.8 Å². The Balaban J connectivity index is 1.61. The fraction of sp³-hybridized carbons (Fsp3) is 0.267. The van der Waals surface area contributed by atoms with Gasteiger partial charge in [-0.25, -0.2) is 4.68 Å². The molecule has 3 aromatic rings. The molecule has 1 aromatic carbocycles. The van der Waals surface area contributed by atoms with Crippen LogP contribution in [0.5, 0.6) is 0 Å². The second kappa shape index (κ2) is 6.39. The maximum atomic E-state index is 12.2. The molecule has 2 heterocycles. The van der Waals surface area contributed by atoms with E-state index in [9.17, 15) is 4.79 Å². The zero-order valence-corrected chi connectivity index (χ0v) is 12.9. The average molecular weight is 311 g/mol. The Morgan fingerprint density at radius 1 is 1.26 bits per heavy atom. The highest BCUT2D eigenvalue weighted by Crippen LogP contribution is 2.10. The average Bonchev–Trinajstić information content (AvgIpc) is 3.17. The van der Waals surface area contributed by atoms with E-state index in [1.807, 2.05) is 26.0 Å². The Labute approximate surface area is 132 Å². The monoisotopic (exact) mass is 311 g/mol.